The fourth-order valence-electron chi connectivity index (χ4n) is 6.85. The van der Waals surface area contributed by atoms with Crippen LogP contribution in [-0.4, -0.2) is 53.4 Å². The second kappa shape index (κ2) is 15.7. The average Bonchev–Trinajstić information content (AvgIpc) is 3.72. The molecule has 9 nitrogen and oxygen atoms in total. The maximum atomic E-state index is 11.6. The SMILES string of the molecule is COc1nc(-c2cccc(-c3cccc(-c4cc(C)c(CCC[C@@H]5CCC(=O)N5)c(OC)n4)c3Cl)c2Cl)cnc1CNC[C@@H]1CCC(=O)C1. The molecule has 2 fully saturated rings. The molecule has 2 aromatic carbocycles. The number of ketones is 1. The first-order valence-electron chi connectivity index (χ1n) is 16.8. The standard InChI is InChI=1S/C38H41Cl2N5O4/c1-22-17-31(44-37(48-2)26(22)8-4-7-24-14-16-34(47)43-24)29-11-5-9-27(35(29)39)28-10-6-12-30(36(28)40)32-21-42-33(38(45-32)49-3)20-41-19-23-13-15-25(46)18-23/h5-6,9-12,17,21,23-24,41H,4,7-8,13-16,18-20H2,1-3H3,(H,43,47)/t23-,24-/m1/s1. The number of aryl methyl sites for hydroxylation is 1. The summed E-state index contributed by atoms with van der Waals surface area (Å²) in [5.74, 6) is 1.83. The first-order valence-corrected chi connectivity index (χ1v) is 17.6. The van der Waals surface area contributed by atoms with Crippen LogP contribution in [0.3, 0.4) is 0 Å². The van der Waals surface area contributed by atoms with Gasteiger partial charge in [0.25, 0.3) is 0 Å². The highest BCUT2D eigenvalue weighted by molar-refractivity contribution is 6.39. The lowest BCUT2D eigenvalue weighted by Gasteiger charge is -2.17. The summed E-state index contributed by atoms with van der Waals surface area (Å²) in [5, 5.41) is 7.46. The number of ether oxygens (including phenoxy) is 2. The first kappa shape index (κ1) is 34.8. The van der Waals surface area contributed by atoms with Gasteiger partial charge in [-0.15, -0.1) is 0 Å². The molecule has 1 aliphatic heterocycles. The van der Waals surface area contributed by atoms with Gasteiger partial charge in [0.2, 0.25) is 17.7 Å². The van der Waals surface area contributed by atoms with Gasteiger partial charge in [-0.25, -0.2) is 9.97 Å². The van der Waals surface area contributed by atoms with Crippen LogP contribution < -0.4 is 20.1 Å². The molecule has 1 saturated carbocycles. The summed E-state index contributed by atoms with van der Waals surface area (Å²) in [6.45, 7) is 3.30. The van der Waals surface area contributed by atoms with Crippen molar-refractivity contribution in [1.29, 1.82) is 0 Å². The minimum atomic E-state index is 0.138. The molecule has 49 heavy (non-hydrogen) atoms. The predicted molar refractivity (Wildman–Crippen MR) is 192 cm³/mol. The van der Waals surface area contributed by atoms with Crippen molar-refractivity contribution in [2.45, 2.75) is 70.9 Å². The van der Waals surface area contributed by atoms with Crippen molar-refractivity contribution in [1.82, 2.24) is 25.6 Å². The van der Waals surface area contributed by atoms with E-state index in [9.17, 15) is 9.59 Å². The number of nitrogens with one attached hydrogen (secondary N) is 2. The Balaban J connectivity index is 1.22. The lowest BCUT2D eigenvalue weighted by molar-refractivity contribution is -0.119. The minimum absolute atomic E-state index is 0.138. The molecule has 1 aliphatic carbocycles. The number of pyridine rings is 1. The summed E-state index contributed by atoms with van der Waals surface area (Å²) in [5.41, 5.74) is 7.08. The topological polar surface area (TPSA) is 115 Å². The maximum absolute atomic E-state index is 11.6. The molecule has 4 aromatic rings. The van der Waals surface area contributed by atoms with Crippen LogP contribution in [-0.2, 0) is 22.6 Å². The zero-order valence-corrected chi connectivity index (χ0v) is 29.6. The minimum Gasteiger partial charge on any atom is -0.481 e. The number of halogens is 2. The molecule has 2 aromatic heterocycles. The van der Waals surface area contributed by atoms with E-state index in [1.54, 1.807) is 20.4 Å². The molecule has 0 bridgehead atoms. The van der Waals surface area contributed by atoms with Gasteiger partial charge in [-0.05, 0) is 63.1 Å². The average molecular weight is 703 g/mol. The molecule has 0 radical (unpaired) electrons. The summed E-state index contributed by atoms with van der Waals surface area (Å²) in [6, 6.07) is 13.9. The Morgan fingerprint density at radius 2 is 1.57 bits per heavy atom. The van der Waals surface area contributed by atoms with E-state index in [0.29, 0.717) is 82.0 Å². The number of benzene rings is 2. The van der Waals surface area contributed by atoms with Gasteiger partial charge in [0.05, 0.1) is 41.8 Å². The summed E-state index contributed by atoms with van der Waals surface area (Å²) in [7, 11) is 3.21. The summed E-state index contributed by atoms with van der Waals surface area (Å²) < 4.78 is 11.4. The van der Waals surface area contributed by atoms with E-state index >= 15 is 0 Å². The van der Waals surface area contributed by atoms with Crippen LogP contribution in [0.1, 0.15) is 61.8 Å². The monoisotopic (exact) mass is 701 g/mol. The molecule has 6 rings (SSSR count). The van der Waals surface area contributed by atoms with E-state index in [1.165, 1.54) is 0 Å². The Kier molecular flexibility index (Phi) is 11.1. The van der Waals surface area contributed by atoms with Crippen molar-refractivity contribution >= 4 is 34.9 Å². The van der Waals surface area contributed by atoms with Gasteiger partial charge in [-0.1, -0.05) is 59.6 Å². The van der Waals surface area contributed by atoms with Crippen LogP contribution in [0.5, 0.6) is 11.8 Å². The molecule has 3 heterocycles. The van der Waals surface area contributed by atoms with Gasteiger partial charge < -0.3 is 20.1 Å². The third-order valence-electron chi connectivity index (χ3n) is 9.48. The lowest BCUT2D eigenvalue weighted by Crippen LogP contribution is -2.25. The van der Waals surface area contributed by atoms with Gasteiger partial charge in [0.15, 0.2) is 0 Å². The molecule has 1 saturated heterocycles. The van der Waals surface area contributed by atoms with Crippen molar-refractivity contribution in [2.75, 3.05) is 20.8 Å². The zero-order chi connectivity index (χ0) is 34.5. The number of carbonyl (C=O) groups excluding carboxylic acids is 2. The second-order valence-electron chi connectivity index (χ2n) is 12.8. The molecule has 256 valence electrons. The fourth-order valence-corrected chi connectivity index (χ4v) is 7.50. The number of rotatable bonds is 13. The van der Waals surface area contributed by atoms with Crippen LogP contribution in [0.25, 0.3) is 33.6 Å². The number of hydrogen-bond acceptors (Lipinski definition) is 8. The maximum Gasteiger partial charge on any atom is 0.237 e. The highest BCUT2D eigenvalue weighted by Gasteiger charge is 2.23. The largest absolute Gasteiger partial charge is 0.481 e. The van der Waals surface area contributed by atoms with Gasteiger partial charge >= 0.3 is 0 Å². The molecular weight excluding hydrogens is 661 g/mol. The van der Waals surface area contributed by atoms with Crippen molar-refractivity contribution in [2.24, 2.45) is 5.92 Å². The van der Waals surface area contributed by atoms with Crippen LogP contribution in [0.15, 0.2) is 48.7 Å². The molecule has 2 aliphatic rings. The highest BCUT2D eigenvalue weighted by Crippen LogP contribution is 2.42. The van der Waals surface area contributed by atoms with Crippen LogP contribution in [0.2, 0.25) is 10.0 Å². The van der Waals surface area contributed by atoms with E-state index in [0.717, 1.165) is 66.5 Å². The van der Waals surface area contributed by atoms with Gasteiger partial charge in [0, 0.05) is 59.7 Å². The summed E-state index contributed by atoms with van der Waals surface area (Å²) >= 11 is 14.2. The Morgan fingerprint density at radius 1 is 0.898 bits per heavy atom. The third kappa shape index (κ3) is 7.90. The number of hydrogen-bond donors (Lipinski definition) is 2. The lowest BCUT2D eigenvalue weighted by atomic mass is 9.96. The molecule has 1 amide bonds. The molecule has 11 heteroatoms. The van der Waals surface area contributed by atoms with Gasteiger partial charge in [-0.3, -0.25) is 14.6 Å². The van der Waals surface area contributed by atoms with E-state index in [1.807, 2.05) is 42.5 Å². The van der Waals surface area contributed by atoms with Crippen molar-refractivity contribution < 1.29 is 19.1 Å². The van der Waals surface area contributed by atoms with E-state index < -0.39 is 0 Å². The number of nitrogens with zero attached hydrogens (tertiary/aromatic N) is 3. The van der Waals surface area contributed by atoms with Crippen LogP contribution in [0.4, 0.5) is 0 Å². The highest BCUT2D eigenvalue weighted by atomic mass is 35.5. The Labute approximate surface area is 297 Å². The molecule has 0 unspecified atom stereocenters. The van der Waals surface area contributed by atoms with E-state index in [2.05, 4.69) is 22.5 Å². The number of aromatic nitrogens is 3. The van der Waals surface area contributed by atoms with Crippen LogP contribution in [0, 0.1) is 12.8 Å². The third-order valence-corrected chi connectivity index (χ3v) is 10.3. The summed E-state index contributed by atoms with van der Waals surface area (Å²) in [4.78, 5) is 37.5. The van der Waals surface area contributed by atoms with Crippen molar-refractivity contribution in [3.63, 3.8) is 0 Å². The number of Topliss-reactive ketones (excluding diaryl/α,β-unsaturated/α-hetero) is 1. The molecule has 0 spiro atoms. The van der Waals surface area contributed by atoms with E-state index in [-0.39, 0.29) is 11.9 Å². The van der Waals surface area contributed by atoms with Crippen molar-refractivity contribution in [3.05, 3.63) is 75.5 Å². The Morgan fingerprint density at radius 3 is 2.20 bits per heavy atom. The smallest absolute Gasteiger partial charge is 0.237 e. The number of carbonyl (C=O) groups is 2. The molecular formula is C38H41Cl2N5O4. The van der Waals surface area contributed by atoms with Crippen LogP contribution >= 0.6 is 23.2 Å². The predicted octanol–water partition coefficient (Wildman–Crippen LogP) is 7.57. The number of amides is 1. The zero-order valence-electron chi connectivity index (χ0n) is 28.1. The van der Waals surface area contributed by atoms with Crippen molar-refractivity contribution in [3.8, 4) is 45.4 Å². The van der Waals surface area contributed by atoms with Gasteiger partial charge in [-0.2, -0.15) is 0 Å². The van der Waals surface area contributed by atoms with Gasteiger partial charge in [0.1, 0.15) is 11.5 Å². The quantitative estimate of drug-likeness (QED) is 0.147. The Bertz CT molecular complexity index is 1870. The summed E-state index contributed by atoms with van der Waals surface area (Å²) in [6.07, 6.45) is 8.09. The first-order chi connectivity index (χ1) is 23.7. The fraction of sp³-hybridized carbons (Fsp3) is 0.395. The van der Waals surface area contributed by atoms with E-state index in [4.69, 9.17) is 42.6 Å². The second-order valence-corrected chi connectivity index (χ2v) is 13.6. The molecule has 2 atom stereocenters. The normalized spacial score (nSPS) is 17.4. The Hall–Kier alpha value is -4.05. The number of methoxy groups -OCH3 is 2. The molecule has 2 N–H and O–H groups in total.